The lowest BCUT2D eigenvalue weighted by molar-refractivity contribution is -0.182. The van der Waals surface area contributed by atoms with Gasteiger partial charge in [0.1, 0.15) is 23.2 Å². The van der Waals surface area contributed by atoms with Gasteiger partial charge in [0.2, 0.25) is 0 Å². The van der Waals surface area contributed by atoms with E-state index in [-0.39, 0.29) is 13.0 Å². The normalized spacial score (nSPS) is 18.5. The summed E-state index contributed by atoms with van der Waals surface area (Å²) in [5.74, 6) is 1.45. The topological polar surface area (TPSA) is 55.9 Å². The molecule has 0 aliphatic carbocycles. The number of hydrogen-bond acceptors (Lipinski definition) is 4. The van der Waals surface area contributed by atoms with Crippen molar-refractivity contribution in [2.24, 2.45) is 5.92 Å². The monoisotopic (exact) mass is 314 g/mol. The van der Waals surface area contributed by atoms with E-state index in [2.05, 4.69) is 15.5 Å². The quantitative estimate of drug-likeness (QED) is 0.942. The summed E-state index contributed by atoms with van der Waals surface area (Å²) in [6.07, 6.45) is -3.77. The minimum Gasteiger partial charge on any atom is -0.465 e. The van der Waals surface area contributed by atoms with E-state index in [1.54, 1.807) is 4.57 Å². The Morgan fingerprint density at radius 2 is 2.14 bits per heavy atom. The maximum Gasteiger partial charge on any atom is 0.393 e. The SMILES string of the molecule is Cc1ccc(CNCc2nnc3n2C[C@@H](C(F)(F)F)CC3)o1. The van der Waals surface area contributed by atoms with Crippen LogP contribution in [0.4, 0.5) is 13.2 Å². The van der Waals surface area contributed by atoms with Crippen LogP contribution in [-0.2, 0) is 26.1 Å². The summed E-state index contributed by atoms with van der Waals surface area (Å²) in [5, 5.41) is 11.1. The van der Waals surface area contributed by atoms with Crippen LogP contribution in [0, 0.1) is 12.8 Å². The smallest absolute Gasteiger partial charge is 0.393 e. The van der Waals surface area contributed by atoms with Crippen LogP contribution in [-0.4, -0.2) is 20.9 Å². The van der Waals surface area contributed by atoms with Gasteiger partial charge in [-0.05, 0) is 25.5 Å². The van der Waals surface area contributed by atoms with Gasteiger partial charge in [-0.15, -0.1) is 10.2 Å². The summed E-state index contributed by atoms with van der Waals surface area (Å²) in [7, 11) is 0. The molecule has 0 radical (unpaired) electrons. The number of halogens is 3. The molecule has 1 atom stereocenters. The number of hydrogen-bond donors (Lipinski definition) is 1. The van der Waals surface area contributed by atoms with Crippen LogP contribution in [0.3, 0.4) is 0 Å². The van der Waals surface area contributed by atoms with Crippen molar-refractivity contribution in [2.45, 2.75) is 45.6 Å². The molecule has 0 bridgehead atoms. The highest BCUT2D eigenvalue weighted by atomic mass is 19.4. The van der Waals surface area contributed by atoms with Crippen LogP contribution >= 0.6 is 0 Å². The van der Waals surface area contributed by atoms with Gasteiger partial charge in [0.25, 0.3) is 0 Å². The minimum absolute atomic E-state index is 0.0841. The highest BCUT2D eigenvalue weighted by Gasteiger charge is 2.42. The Balaban J connectivity index is 1.63. The van der Waals surface area contributed by atoms with Crippen LogP contribution in [0.15, 0.2) is 16.5 Å². The second kappa shape index (κ2) is 5.75. The van der Waals surface area contributed by atoms with Gasteiger partial charge in [-0.1, -0.05) is 0 Å². The fraction of sp³-hybridized carbons (Fsp3) is 0.571. The largest absolute Gasteiger partial charge is 0.465 e. The van der Waals surface area contributed by atoms with Gasteiger partial charge in [0, 0.05) is 13.0 Å². The van der Waals surface area contributed by atoms with Gasteiger partial charge < -0.3 is 14.3 Å². The first kappa shape index (κ1) is 15.1. The highest BCUT2D eigenvalue weighted by molar-refractivity contribution is 5.06. The summed E-state index contributed by atoms with van der Waals surface area (Å²) in [6, 6.07) is 3.73. The Kier molecular flexibility index (Phi) is 3.94. The third-order valence-corrected chi connectivity index (χ3v) is 3.86. The predicted octanol–water partition coefficient (Wildman–Crippen LogP) is 2.59. The fourth-order valence-corrected chi connectivity index (χ4v) is 2.66. The summed E-state index contributed by atoms with van der Waals surface area (Å²) >= 11 is 0. The molecule has 0 aromatic carbocycles. The average Bonchev–Trinajstić information content (AvgIpc) is 3.04. The first-order valence-corrected chi connectivity index (χ1v) is 7.17. The van der Waals surface area contributed by atoms with Gasteiger partial charge in [0.05, 0.1) is 19.0 Å². The molecule has 1 aliphatic rings. The number of aromatic nitrogens is 3. The zero-order valence-electron chi connectivity index (χ0n) is 12.2. The number of furan rings is 1. The van der Waals surface area contributed by atoms with Crippen LogP contribution in [0.5, 0.6) is 0 Å². The summed E-state index contributed by atoms with van der Waals surface area (Å²) in [4.78, 5) is 0. The Morgan fingerprint density at radius 3 is 2.82 bits per heavy atom. The second-order valence-electron chi connectivity index (χ2n) is 5.54. The van der Waals surface area contributed by atoms with Crippen molar-refractivity contribution in [1.29, 1.82) is 0 Å². The summed E-state index contributed by atoms with van der Waals surface area (Å²) in [6.45, 7) is 2.62. The first-order valence-electron chi connectivity index (χ1n) is 7.17. The molecule has 1 N–H and O–H groups in total. The molecular weight excluding hydrogens is 297 g/mol. The summed E-state index contributed by atoms with van der Waals surface area (Å²) < 4.78 is 45.6. The molecule has 5 nitrogen and oxygen atoms in total. The molecule has 3 heterocycles. The molecule has 0 spiro atoms. The molecule has 0 saturated heterocycles. The van der Waals surface area contributed by atoms with E-state index in [0.717, 1.165) is 11.5 Å². The van der Waals surface area contributed by atoms with E-state index >= 15 is 0 Å². The first-order chi connectivity index (χ1) is 10.4. The van der Waals surface area contributed by atoms with Gasteiger partial charge in [-0.25, -0.2) is 0 Å². The Morgan fingerprint density at radius 1 is 1.32 bits per heavy atom. The van der Waals surface area contributed by atoms with Crippen LogP contribution in [0.2, 0.25) is 0 Å². The van der Waals surface area contributed by atoms with Gasteiger partial charge in [-0.3, -0.25) is 0 Å². The van der Waals surface area contributed by atoms with E-state index in [9.17, 15) is 13.2 Å². The zero-order valence-corrected chi connectivity index (χ0v) is 12.2. The van der Waals surface area contributed by atoms with E-state index in [0.29, 0.717) is 31.2 Å². The Bertz CT molecular complexity index is 647. The van der Waals surface area contributed by atoms with Crippen LogP contribution in [0.25, 0.3) is 0 Å². The van der Waals surface area contributed by atoms with Crippen molar-refractivity contribution >= 4 is 0 Å². The third kappa shape index (κ3) is 3.16. The van der Waals surface area contributed by atoms with Crippen molar-refractivity contribution in [3.05, 3.63) is 35.3 Å². The lowest BCUT2D eigenvalue weighted by Gasteiger charge is -2.26. The van der Waals surface area contributed by atoms with E-state index in [4.69, 9.17) is 4.42 Å². The van der Waals surface area contributed by atoms with Crippen molar-refractivity contribution < 1.29 is 17.6 Å². The number of fused-ring (bicyclic) bond motifs is 1. The van der Waals surface area contributed by atoms with Crippen molar-refractivity contribution in [2.75, 3.05) is 0 Å². The maximum absolute atomic E-state index is 12.9. The van der Waals surface area contributed by atoms with Crippen molar-refractivity contribution in [3.63, 3.8) is 0 Å². The highest BCUT2D eigenvalue weighted by Crippen LogP contribution is 2.34. The molecule has 3 rings (SSSR count). The molecular formula is C14H17F3N4O. The van der Waals surface area contributed by atoms with Crippen LogP contribution in [0.1, 0.15) is 29.6 Å². The molecule has 8 heteroatoms. The lowest BCUT2D eigenvalue weighted by Crippen LogP contribution is -2.33. The number of aryl methyl sites for hydroxylation is 2. The predicted molar refractivity (Wildman–Crippen MR) is 71.9 cm³/mol. The van der Waals surface area contributed by atoms with Crippen molar-refractivity contribution in [3.8, 4) is 0 Å². The molecule has 120 valence electrons. The van der Waals surface area contributed by atoms with E-state index in [1.165, 1.54) is 0 Å². The molecule has 22 heavy (non-hydrogen) atoms. The molecule has 0 saturated carbocycles. The molecule has 0 unspecified atom stereocenters. The minimum atomic E-state index is -4.17. The molecule has 2 aromatic rings. The molecule has 0 amide bonds. The fourth-order valence-electron chi connectivity index (χ4n) is 2.66. The third-order valence-electron chi connectivity index (χ3n) is 3.86. The van der Waals surface area contributed by atoms with Crippen LogP contribution < -0.4 is 5.32 Å². The Labute approximate surface area is 125 Å². The molecule has 0 fully saturated rings. The van der Waals surface area contributed by atoms with E-state index in [1.807, 2.05) is 19.1 Å². The number of rotatable bonds is 4. The van der Waals surface area contributed by atoms with E-state index < -0.39 is 12.1 Å². The Hall–Kier alpha value is -1.83. The number of nitrogens with one attached hydrogen (secondary N) is 1. The number of nitrogens with zero attached hydrogens (tertiary/aromatic N) is 3. The molecule has 2 aromatic heterocycles. The average molecular weight is 314 g/mol. The maximum atomic E-state index is 12.9. The van der Waals surface area contributed by atoms with Crippen molar-refractivity contribution in [1.82, 2.24) is 20.1 Å². The van der Waals surface area contributed by atoms with Gasteiger partial charge >= 0.3 is 6.18 Å². The lowest BCUT2D eigenvalue weighted by atomic mass is 9.99. The second-order valence-corrected chi connectivity index (χ2v) is 5.54. The standard InChI is InChI=1S/C14H17F3N4O/c1-9-2-4-11(22-9)6-18-7-13-20-19-12-5-3-10(8-21(12)13)14(15,16)17/h2,4,10,18H,3,5-8H2,1H3/t10-/m0/s1. The zero-order chi connectivity index (χ0) is 15.7. The number of alkyl halides is 3. The van der Waals surface area contributed by atoms with Gasteiger partial charge in [0.15, 0.2) is 0 Å². The van der Waals surface area contributed by atoms with Gasteiger partial charge in [-0.2, -0.15) is 13.2 Å². The molecule has 1 aliphatic heterocycles. The summed E-state index contributed by atoms with van der Waals surface area (Å²) in [5.41, 5.74) is 0.